The molecule has 0 radical (unpaired) electrons. The fourth-order valence-electron chi connectivity index (χ4n) is 4.68. The van der Waals surface area contributed by atoms with Gasteiger partial charge >= 0.3 is 0 Å². The molecule has 0 bridgehead atoms. The van der Waals surface area contributed by atoms with Crippen molar-refractivity contribution in [1.29, 1.82) is 0 Å². The Kier molecular flexibility index (Phi) is 7.01. The number of fused-ring (bicyclic) bond motifs is 1. The maximum Gasteiger partial charge on any atom is 0.224 e. The van der Waals surface area contributed by atoms with Crippen LogP contribution in [0.4, 0.5) is 11.6 Å². The molecule has 8 nitrogen and oxygen atoms in total. The van der Waals surface area contributed by atoms with Gasteiger partial charge in [0.05, 0.1) is 24.8 Å². The van der Waals surface area contributed by atoms with Crippen molar-refractivity contribution in [3.63, 3.8) is 0 Å². The van der Waals surface area contributed by atoms with Gasteiger partial charge in [-0.2, -0.15) is 0 Å². The third-order valence-corrected chi connectivity index (χ3v) is 7.52. The van der Waals surface area contributed by atoms with E-state index in [0.717, 1.165) is 96.7 Å². The van der Waals surface area contributed by atoms with Crippen molar-refractivity contribution >= 4 is 34.4 Å². The standard InChI is InChI=1S/C25H32N6O2S/c1-16-17(2)28-25(30-24(16)34-3)29-18-4-6-20(7-5-18)33-22-15-19(31-10-12-32-13-11-31)14-21-23(22)27-9-8-26-21/h8-9,14-15,18,20H,4-7,10-13H2,1-3H3,(H,28,29,30). The molecule has 180 valence electrons. The zero-order chi connectivity index (χ0) is 23.5. The van der Waals surface area contributed by atoms with Crippen molar-refractivity contribution in [1.82, 2.24) is 19.9 Å². The minimum Gasteiger partial charge on any atom is -0.488 e. The number of aryl methyl sites for hydroxylation is 1. The summed E-state index contributed by atoms with van der Waals surface area (Å²) in [5.41, 5.74) is 5.01. The summed E-state index contributed by atoms with van der Waals surface area (Å²) in [6, 6.07) is 4.58. The molecule has 2 fully saturated rings. The van der Waals surface area contributed by atoms with E-state index in [4.69, 9.17) is 14.5 Å². The normalized spacial score (nSPS) is 21.0. The summed E-state index contributed by atoms with van der Waals surface area (Å²) in [5, 5.41) is 4.60. The van der Waals surface area contributed by atoms with E-state index in [-0.39, 0.29) is 6.10 Å². The molecule has 3 aromatic rings. The average Bonchev–Trinajstić information content (AvgIpc) is 2.87. The molecule has 2 aliphatic rings. The number of ether oxygens (including phenoxy) is 2. The zero-order valence-electron chi connectivity index (χ0n) is 20.1. The van der Waals surface area contributed by atoms with Gasteiger partial charge in [-0.3, -0.25) is 4.98 Å². The third-order valence-electron chi connectivity index (χ3n) is 6.74. The van der Waals surface area contributed by atoms with Crippen LogP contribution in [-0.4, -0.2) is 64.6 Å². The lowest BCUT2D eigenvalue weighted by Gasteiger charge is -2.31. The van der Waals surface area contributed by atoms with Gasteiger partial charge < -0.3 is 19.7 Å². The predicted molar refractivity (Wildman–Crippen MR) is 136 cm³/mol. The molecule has 5 rings (SSSR count). The Morgan fingerprint density at radius 3 is 2.56 bits per heavy atom. The summed E-state index contributed by atoms with van der Waals surface area (Å²) < 4.78 is 12.1. The number of hydrogen-bond donors (Lipinski definition) is 1. The van der Waals surface area contributed by atoms with Crippen molar-refractivity contribution in [3.05, 3.63) is 35.8 Å². The maximum atomic E-state index is 6.55. The van der Waals surface area contributed by atoms with Gasteiger partial charge in [0, 0.05) is 54.5 Å². The molecule has 0 spiro atoms. The van der Waals surface area contributed by atoms with E-state index < -0.39 is 0 Å². The van der Waals surface area contributed by atoms with Crippen LogP contribution >= 0.6 is 11.8 Å². The molecule has 1 saturated carbocycles. The number of hydrogen-bond acceptors (Lipinski definition) is 9. The highest BCUT2D eigenvalue weighted by atomic mass is 32.2. The number of anilines is 2. The lowest BCUT2D eigenvalue weighted by Crippen LogP contribution is -2.36. The molecule has 1 aliphatic carbocycles. The van der Waals surface area contributed by atoms with Gasteiger partial charge in [0.25, 0.3) is 0 Å². The highest BCUT2D eigenvalue weighted by molar-refractivity contribution is 7.98. The van der Waals surface area contributed by atoms with E-state index in [2.05, 4.69) is 50.5 Å². The highest BCUT2D eigenvalue weighted by Gasteiger charge is 2.25. The van der Waals surface area contributed by atoms with E-state index in [9.17, 15) is 0 Å². The first kappa shape index (κ1) is 23.1. The Balaban J connectivity index is 1.26. The van der Waals surface area contributed by atoms with E-state index in [0.29, 0.717) is 6.04 Å². The number of benzene rings is 1. The monoisotopic (exact) mass is 480 g/mol. The lowest BCUT2D eigenvalue weighted by molar-refractivity contribution is 0.122. The lowest BCUT2D eigenvalue weighted by atomic mass is 9.93. The molecule has 0 amide bonds. The first-order valence-corrected chi connectivity index (χ1v) is 13.2. The summed E-state index contributed by atoms with van der Waals surface area (Å²) in [7, 11) is 0. The van der Waals surface area contributed by atoms with E-state index in [1.165, 1.54) is 0 Å². The van der Waals surface area contributed by atoms with Gasteiger partial charge in [-0.25, -0.2) is 15.0 Å². The smallest absolute Gasteiger partial charge is 0.224 e. The number of aromatic nitrogens is 4. The number of nitrogens with one attached hydrogen (secondary N) is 1. The summed E-state index contributed by atoms with van der Waals surface area (Å²) in [4.78, 5) is 20.8. The quantitative estimate of drug-likeness (QED) is 0.408. The van der Waals surface area contributed by atoms with E-state index >= 15 is 0 Å². The van der Waals surface area contributed by atoms with Crippen LogP contribution in [0.5, 0.6) is 5.75 Å². The molecule has 1 N–H and O–H groups in total. The Morgan fingerprint density at radius 2 is 1.79 bits per heavy atom. The second-order valence-electron chi connectivity index (χ2n) is 8.97. The third kappa shape index (κ3) is 5.05. The summed E-state index contributed by atoms with van der Waals surface area (Å²) in [5.74, 6) is 1.56. The molecular formula is C25H32N6O2S. The molecular weight excluding hydrogens is 448 g/mol. The maximum absolute atomic E-state index is 6.55. The Morgan fingerprint density at radius 1 is 1.03 bits per heavy atom. The Hall–Kier alpha value is -2.65. The second kappa shape index (κ2) is 10.3. The Bertz CT molecular complexity index is 1150. The summed E-state index contributed by atoms with van der Waals surface area (Å²) in [6.45, 7) is 7.37. The van der Waals surface area contributed by atoms with Gasteiger partial charge in [0.2, 0.25) is 5.95 Å². The SMILES string of the molecule is CSc1nc(NC2CCC(Oc3cc(N4CCOCC4)cc4nccnc34)CC2)nc(C)c1C. The number of nitrogens with zero attached hydrogens (tertiary/aromatic N) is 5. The molecule has 34 heavy (non-hydrogen) atoms. The fourth-order valence-corrected chi connectivity index (χ4v) is 5.31. The predicted octanol–water partition coefficient (Wildman–Crippen LogP) is 4.40. The molecule has 1 aliphatic heterocycles. The average molecular weight is 481 g/mol. The minimum atomic E-state index is 0.158. The van der Waals surface area contributed by atoms with Gasteiger partial charge in [0.15, 0.2) is 0 Å². The van der Waals surface area contributed by atoms with Crippen molar-refractivity contribution < 1.29 is 9.47 Å². The zero-order valence-corrected chi connectivity index (χ0v) is 20.9. The highest BCUT2D eigenvalue weighted by Crippen LogP contribution is 2.33. The van der Waals surface area contributed by atoms with Crippen LogP contribution in [0.25, 0.3) is 11.0 Å². The fraction of sp³-hybridized carbons (Fsp3) is 0.520. The number of thioether (sulfide) groups is 1. The molecule has 1 aromatic carbocycles. The van der Waals surface area contributed by atoms with Crippen LogP contribution in [0.15, 0.2) is 29.6 Å². The number of rotatable bonds is 6. The van der Waals surface area contributed by atoms with Crippen molar-refractivity contribution in [2.75, 3.05) is 42.8 Å². The van der Waals surface area contributed by atoms with Crippen LogP contribution in [0, 0.1) is 13.8 Å². The van der Waals surface area contributed by atoms with E-state index in [1.807, 2.05) is 6.92 Å². The molecule has 0 unspecified atom stereocenters. The van der Waals surface area contributed by atoms with E-state index in [1.54, 1.807) is 24.2 Å². The Labute approximate surface area is 204 Å². The minimum absolute atomic E-state index is 0.158. The van der Waals surface area contributed by atoms with Gasteiger partial charge in [-0.15, -0.1) is 11.8 Å². The van der Waals surface area contributed by atoms with Crippen LogP contribution in [0.3, 0.4) is 0 Å². The van der Waals surface area contributed by atoms with Crippen molar-refractivity contribution in [3.8, 4) is 5.75 Å². The van der Waals surface area contributed by atoms with Crippen LogP contribution < -0.4 is 15.0 Å². The van der Waals surface area contributed by atoms with Crippen LogP contribution in [0.2, 0.25) is 0 Å². The van der Waals surface area contributed by atoms with Crippen LogP contribution in [-0.2, 0) is 4.74 Å². The topological polar surface area (TPSA) is 85.3 Å². The number of morpholine rings is 1. The second-order valence-corrected chi connectivity index (χ2v) is 9.77. The summed E-state index contributed by atoms with van der Waals surface area (Å²) >= 11 is 1.67. The van der Waals surface area contributed by atoms with Crippen molar-refractivity contribution in [2.24, 2.45) is 0 Å². The molecule has 9 heteroatoms. The van der Waals surface area contributed by atoms with Gasteiger partial charge in [-0.05, 0) is 51.9 Å². The van der Waals surface area contributed by atoms with Crippen molar-refractivity contribution in [2.45, 2.75) is 56.7 Å². The molecule has 2 aromatic heterocycles. The largest absolute Gasteiger partial charge is 0.488 e. The first-order chi connectivity index (χ1) is 16.6. The molecule has 0 atom stereocenters. The van der Waals surface area contributed by atoms with Gasteiger partial charge in [-0.1, -0.05) is 0 Å². The molecule has 3 heterocycles. The molecule has 1 saturated heterocycles. The summed E-state index contributed by atoms with van der Waals surface area (Å²) in [6.07, 6.45) is 9.67. The first-order valence-electron chi connectivity index (χ1n) is 12.0. The van der Waals surface area contributed by atoms with Gasteiger partial charge in [0.1, 0.15) is 16.3 Å². The van der Waals surface area contributed by atoms with Crippen LogP contribution in [0.1, 0.15) is 36.9 Å².